The third-order valence-corrected chi connectivity index (χ3v) is 6.18. The maximum atomic E-state index is 12.2. The summed E-state index contributed by atoms with van der Waals surface area (Å²) in [5.74, 6) is -0.338. The Morgan fingerprint density at radius 3 is 2.50 bits per heavy atom. The van der Waals surface area contributed by atoms with Gasteiger partial charge in [0.1, 0.15) is 0 Å². The van der Waals surface area contributed by atoms with Crippen molar-refractivity contribution in [3.63, 3.8) is 0 Å². The summed E-state index contributed by atoms with van der Waals surface area (Å²) in [4.78, 5) is 24.2. The maximum Gasteiger partial charge on any atom is 0.257 e. The summed E-state index contributed by atoms with van der Waals surface area (Å²) in [5.41, 5.74) is 2.17. The van der Waals surface area contributed by atoms with Crippen LogP contribution in [-0.2, 0) is 4.79 Å². The van der Waals surface area contributed by atoms with Gasteiger partial charge in [-0.05, 0) is 37.3 Å². The van der Waals surface area contributed by atoms with Crippen LogP contribution in [0.4, 0.5) is 10.8 Å². The average molecular weight is 453 g/mol. The first-order valence-corrected chi connectivity index (χ1v) is 10.6. The molecule has 0 saturated heterocycles. The molecular formula is C18H14Cl2N4O2S2. The zero-order valence-corrected chi connectivity index (χ0v) is 17.7. The van der Waals surface area contributed by atoms with E-state index in [0.29, 0.717) is 30.8 Å². The molecule has 0 saturated carbocycles. The van der Waals surface area contributed by atoms with Crippen LogP contribution in [0, 0.1) is 6.92 Å². The number of hydrogen-bond acceptors (Lipinski definition) is 6. The summed E-state index contributed by atoms with van der Waals surface area (Å²) in [6.07, 6.45) is 0. The molecule has 3 rings (SSSR count). The Balaban J connectivity index is 1.51. The minimum absolute atomic E-state index is 0.140. The van der Waals surface area contributed by atoms with Crippen LogP contribution in [-0.4, -0.2) is 27.8 Å². The summed E-state index contributed by atoms with van der Waals surface area (Å²) in [6.45, 7) is 1.95. The second-order valence-corrected chi connectivity index (χ2v) is 8.67. The summed E-state index contributed by atoms with van der Waals surface area (Å²) < 4.78 is 0.573. The van der Waals surface area contributed by atoms with Crippen molar-refractivity contribution in [2.75, 3.05) is 16.4 Å². The van der Waals surface area contributed by atoms with Crippen LogP contribution in [0.25, 0.3) is 0 Å². The third-order valence-electron chi connectivity index (χ3n) is 3.47. The average Bonchev–Trinajstić information content (AvgIpc) is 3.11. The van der Waals surface area contributed by atoms with E-state index in [4.69, 9.17) is 23.2 Å². The number of anilines is 2. The van der Waals surface area contributed by atoms with Crippen LogP contribution in [0.5, 0.6) is 0 Å². The van der Waals surface area contributed by atoms with Crippen molar-refractivity contribution in [3.8, 4) is 0 Å². The molecule has 0 fully saturated rings. The Bertz CT molecular complexity index is 1010. The molecule has 3 aromatic rings. The van der Waals surface area contributed by atoms with Crippen LogP contribution in [0.2, 0.25) is 10.0 Å². The van der Waals surface area contributed by atoms with Crippen molar-refractivity contribution in [1.29, 1.82) is 0 Å². The number of nitrogens with one attached hydrogen (secondary N) is 2. The van der Waals surface area contributed by atoms with E-state index in [-0.39, 0.29) is 17.6 Å². The van der Waals surface area contributed by atoms with E-state index in [9.17, 15) is 9.59 Å². The lowest BCUT2D eigenvalue weighted by Gasteiger charge is -2.05. The number of nitrogens with zero attached hydrogens (tertiary/aromatic N) is 2. The quantitative estimate of drug-likeness (QED) is 0.399. The fraction of sp³-hybridized carbons (Fsp3) is 0.111. The molecule has 0 aliphatic heterocycles. The van der Waals surface area contributed by atoms with Crippen LogP contribution in [0.15, 0.2) is 46.8 Å². The van der Waals surface area contributed by atoms with E-state index in [1.807, 2.05) is 19.1 Å². The van der Waals surface area contributed by atoms with Gasteiger partial charge in [0.2, 0.25) is 11.0 Å². The van der Waals surface area contributed by atoms with E-state index in [0.717, 1.165) is 5.56 Å². The number of rotatable bonds is 6. The van der Waals surface area contributed by atoms with Crippen molar-refractivity contribution >= 4 is 68.9 Å². The molecule has 0 spiro atoms. The Labute approximate surface area is 179 Å². The number of hydrogen-bond donors (Lipinski definition) is 2. The molecular weight excluding hydrogens is 439 g/mol. The fourth-order valence-electron chi connectivity index (χ4n) is 2.09. The molecule has 0 atom stereocenters. The topological polar surface area (TPSA) is 84.0 Å². The number of benzene rings is 2. The molecule has 2 amide bonds. The molecule has 10 heteroatoms. The molecule has 144 valence electrons. The van der Waals surface area contributed by atoms with Crippen molar-refractivity contribution in [2.45, 2.75) is 11.3 Å². The van der Waals surface area contributed by atoms with E-state index in [2.05, 4.69) is 20.8 Å². The van der Waals surface area contributed by atoms with Crippen molar-refractivity contribution in [2.24, 2.45) is 0 Å². The molecule has 1 heterocycles. The van der Waals surface area contributed by atoms with Crippen molar-refractivity contribution < 1.29 is 9.59 Å². The standard InChI is InChI=1S/C18H14Cl2N4O2S2/c1-10-2-4-11(5-3-10)16(26)22-17-23-24-18(28-17)27-9-15(25)21-12-6-7-13(19)14(20)8-12/h2-8H,9H2,1H3,(H,21,25)(H,22,23,26). The first-order valence-electron chi connectivity index (χ1n) is 8.00. The molecule has 0 radical (unpaired) electrons. The van der Waals surface area contributed by atoms with Crippen LogP contribution < -0.4 is 10.6 Å². The number of carbonyl (C=O) groups excluding carboxylic acids is 2. The highest BCUT2D eigenvalue weighted by atomic mass is 35.5. The van der Waals surface area contributed by atoms with Gasteiger partial charge in [-0.1, -0.05) is 64.0 Å². The van der Waals surface area contributed by atoms with Crippen molar-refractivity contribution in [1.82, 2.24) is 10.2 Å². The third kappa shape index (κ3) is 5.68. The molecule has 1 aromatic heterocycles. The van der Waals surface area contributed by atoms with Crippen LogP contribution in [0.1, 0.15) is 15.9 Å². The van der Waals surface area contributed by atoms with Gasteiger partial charge in [-0.2, -0.15) is 0 Å². The molecule has 0 aliphatic carbocycles. The van der Waals surface area contributed by atoms with Gasteiger partial charge >= 0.3 is 0 Å². The largest absolute Gasteiger partial charge is 0.325 e. The summed E-state index contributed by atoms with van der Waals surface area (Å²) >= 11 is 14.2. The highest BCUT2D eigenvalue weighted by Crippen LogP contribution is 2.27. The number of aryl methyl sites for hydroxylation is 1. The zero-order valence-electron chi connectivity index (χ0n) is 14.5. The highest BCUT2D eigenvalue weighted by molar-refractivity contribution is 8.01. The van der Waals surface area contributed by atoms with Crippen LogP contribution in [0.3, 0.4) is 0 Å². The van der Waals surface area contributed by atoms with Gasteiger partial charge < -0.3 is 5.32 Å². The Morgan fingerprint density at radius 1 is 1.04 bits per heavy atom. The minimum atomic E-state index is -0.259. The van der Waals surface area contributed by atoms with E-state index in [1.54, 1.807) is 30.3 Å². The predicted molar refractivity (Wildman–Crippen MR) is 115 cm³/mol. The van der Waals surface area contributed by atoms with Gasteiger partial charge in [0, 0.05) is 11.3 Å². The lowest BCUT2D eigenvalue weighted by Crippen LogP contribution is -2.13. The lowest BCUT2D eigenvalue weighted by atomic mass is 10.1. The summed E-state index contributed by atoms with van der Waals surface area (Å²) in [5, 5.41) is 14.5. The molecule has 0 aliphatic rings. The van der Waals surface area contributed by atoms with Crippen LogP contribution >= 0.6 is 46.3 Å². The molecule has 6 nitrogen and oxygen atoms in total. The molecule has 2 N–H and O–H groups in total. The number of halogens is 2. The van der Waals surface area contributed by atoms with E-state index >= 15 is 0 Å². The number of aromatic nitrogens is 2. The number of carbonyl (C=O) groups is 2. The number of amides is 2. The SMILES string of the molecule is Cc1ccc(C(=O)Nc2nnc(SCC(=O)Nc3ccc(Cl)c(Cl)c3)s2)cc1. The van der Waals surface area contributed by atoms with Gasteiger partial charge in [-0.15, -0.1) is 10.2 Å². The first kappa shape index (κ1) is 20.6. The fourth-order valence-corrected chi connectivity index (χ4v) is 3.94. The Kier molecular flexibility index (Phi) is 6.90. The summed E-state index contributed by atoms with van der Waals surface area (Å²) in [6, 6.07) is 12.1. The molecule has 2 aromatic carbocycles. The van der Waals surface area contributed by atoms with Gasteiger partial charge in [0.25, 0.3) is 5.91 Å². The maximum absolute atomic E-state index is 12.2. The molecule has 0 unspecified atom stereocenters. The van der Waals surface area contributed by atoms with E-state index < -0.39 is 0 Å². The number of thioether (sulfide) groups is 1. The van der Waals surface area contributed by atoms with E-state index in [1.165, 1.54) is 23.1 Å². The second-order valence-electron chi connectivity index (χ2n) is 5.66. The van der Waals surface area contributed by atoms with Gasteiger partial charge in [-0.3, -0.25) is 14.9 Å². The second kappa shape index (κ2) is 9.38. The van der Waals surface area contributed by atoms with Gasteiger partial charge in [0.15, 0.2) is 4.34 Å². The highest BCUT2D eigenvalue weighted by Gasteiger charge is 2.12. The minimum Gasteiger partial charge on any atom is -0.325 e. The van der Waals surface area contributed by atoms with Gasteiger partial charge in [-0.25, -0.2) is 0 Å². The monoisotopic (exact) mass is 452 g/mol. The lowest BCUT2D eigenvalue weighted by molar-refractivity contribution is -0.113. The molecule has 0 bridgehead atoms. The predicted octanol–water partition coefficient (Wildman–Crippen LogP) is 5.14. The first-order chi connectivity index (χ1) is 13.4. The normalized spacial score (nSPS) is 10.5. The summed E-state index contributed by atoms with van der Waals surface area (Å²) in [7, 11) is 0. The zero-order chi connectivity index (χ0) is 20.1. The smallest absolute Gasteiger partial charge is 0.257 e. The van der Waals surface area contributed by atoms with Crippen molar-refractivity contribution in [3.05, 3.63) is 63.6 Å². The Hall–Kier alpha value is -2.13. The van der Waals surface area contributed by atoms with Gasteiger partial charge in [0.05, 0.1) is 15.8 Å². The Morgan fingerprint density at radius 2 is 1.79 bits per heavy atom. The molecule has 28 heavy (non-hydrogen) atoms.